The third-order valence-electron chi connectivity index (χ3n) is 9.88. The smallest absolute Gasteiger partial charge is 0.413 e. The predicted octanol–water partition coefficient (Wildman–Crippen LogP) is 4.91. The van der Waals surface area contributed by atoms with Crippen LogP contribution in [-0.4, -0.2) is 135 Å². The minimum atomic E-state index is -5.36. The highest BCUT2D eigenvalue weighted by Gasteiger charge is 2.58. The van der Waals surface area contributed by atoms with E-state index in [1.54, 1.807) is 108 Å². The summed E-state index contributed by atoms with van der Waals surface area (Å²) in [6, 6.07) is 5.18. The summed E-state index contributed by atoms with van der Waals surface area (Å²) in [6.45, 7) is 17.2. The summed E-state index contributed by atoms with van der Waals surface area (Å²) >= 11 is 0.862. The van der Waals surface area contributed by atoms with Gasteiger partial charge in [-0.3, -0.25) is 14.9 Å². The number of rotatable bonds is 19. The van der Waals surface area contributed by atoms with Crippen LogP contribution in [0, 0.1) is 0 Å². The summed E-state index contributed by atoms with van der Waals surface area (Å²) in [5.41, 5.74) is 3.38. The Morgan fingerprint density at radius 3 is 2.23 bits per heavy atom. The summed E-state index contributed by atoms with van der Waals surface area (Å²) in [5, 5.41) is 14.0. The normalized spacial score (nSPS) is 17.2. The number of nitrogens with one attached hydrogen (secondary N) is 2. The van der Waals surface area contributed by atoms with Gasteiger partial charge in [0.2, 0.25) is 28.8 Å². The van der Waals surface area contributed by atoms with Crippen molar-refractivity contribution in [3.8, 4) is 16.9 Å². The molecule has 0 bridgehead atoms. The summed E-state index contributed by atoms with van der Waals surface area (Å²) < 4.78 is 79.8. The number of thiazole rings is 1. The molecule has 0 radical (unpaired) electrons. The average molecular weight is 1040 g/mol. The van der Waals surface area contributed by atoms with Gasteiger partial charge in [-0.25, -0.2) is 32.2 Å². The summed E-state index contributed by atoms with van der Waals surface area (Å²) in [6.07, 6.45) is 0.904. The molecule has 71 heavy (non-hydrogen) atoms. The lowest BCUT2D eigenvalue weighted by molar-refractivity contribution is -0.785. The molecule has 1 aromatic carbocycles. The van der Waals surface area contributed by atoms with Crippen LogP contribution in [0.15, 0.2) is 52.3 Å². The number of hydrogen-bond acceptors (Lipinski definition) is 18. The lowest BCUT2D eigenvalue weighted by atomic mass is 9.84. The van der Waals surface area contributed by atoms with Gasteiger partial charge < -0.3 is 38.6 Å². The number of aryl methyl sites for hydroxylation is 1. The zero-order chi connectivity index (χ0) is 52.9. The van der Waals surface area contributed by atoms with Crippen molar-refractivity contribution in [1.82, 2.24) is 24.9 Å². The first-order valence-electron chi connectivity index (χ1n) is 22.0. The Morgan fingerprint density at radius 2 is 1.65 bits per heavy atom. The lowest BCUT2D eigenvalue weighted by Crippen LogP contribution is -2.76. The van der Waals surface area contributed by atoms with Crippen molar-refractivity contribution in [2.24, 2.45) is 10.3 Å². The summed E-state index contributed by atoms with van der Waals surface area (Å²) in [7, 11) is -5.36. The van der Waals surface area contributed by atoms with Crippen molar-refractivity contribution in [3.63, 3.8) is 0 Å². The molecular formula is C43H58FN11O14S2. The van der Waals surface area contributed by atoms with Crippen molar-refractivity contribution >= 4 is 62.5 Å². The number of ether oxygens (including phenoxy) is 4. The number of hydroxylamine groups is 2. The minimum Gasteiger partial charge on any atom is -0.724 e. The van der Waals surface area contributed by atoms with Crippen molar-refractivity contribution in [2.75, 3.05) is 31.6 Å². The molecule has 4 heterocycles. The van der Waals surface area contributed by atoms with Gasteiger partial charge in [0.05, 0.1) is 36.9 Å². The van der Waals surface area contributed by atoms with Crippen LogP contribution in [0.5, 0.6) is 5.75 Å². The van der Waals surface area contributed by atoms with Crippen LogP contribution in [-0.2, 0) is 61.2 Å². The van der Waals surface area contributed by atoms with Gasteiger partial charge in [0.25, 0.3) is 17.9 Å². The molecule has 1 unspecified atom stereocenters. The van der Waals surface area contributed by atoms with Crippen molar-refractivity contribution in [3.05, 3.63) is 58.2 Å². The molecule has 25 nitrogen and oxygen atoms in total. The number of carbonyl (C=O) groups is 5. The summed E-state index contributed by atoms with van der Waals surface area (Å²) in [5.74, 6) is -2.90. The van der Waals surface area contributed by atoms with Gasteiger partial charge in [-0.1, -0.05) is 22.4 Å². The highest BCUT2D eigenvalue weighted by atomic mass is 32.3. The third-order valence-corrected chi connectivity index (χ3v) is 11.0. The number of carbonyl (C=O) groups excluding carboxylic acids is 5. The lowest BCUT2D eigenvalue weighted by Gasteiger charge is -2.51. The zero-order valence-corrected chi connectivity index (χ0v) is 42.7. The third kappa shape index (κ3) is 15.7. The van der Waals surface area contributed by atoms with Crippen LogP contribution in [0.1, 0.15) is 88.3 Å². The number of halogens is 1. The van der Waals surface area contributed by atoms with Crippen LogP contribution in [0.25, 0.3) is 21.6 Å². The number of anilines is 1. The van der Waals surface area contributed by atoms with Crippen LogP contribution >= 0.6 is 11.3 Å². The van der Waals surface area contributed by atoms with E-state index in [0.717, 1.165) is 11.3 Å². The molecule has 2 aliphatic heterocycles. The number of amides is 4. The van der Waals surface area contributed by atoms with Crippen molar-refractivity contribution in [2.45, 2.75) is 136 Å². The van der Waals surface area contributed by atoms with Crippen LogP contribution in [0.4, 0.5) is 19.1 Å². The van der Waals surface area contributed by atoms with Gasteiger partial charge in [-0.2, -0.15) is 14.0 Å². The first kappa shape index (κ1) is 55.3. The van der Waals surface area contributed by atoms with Crippen molar-refractivity contribution in [1.29, 1.82) is 0 Å². The molecule has 2 aliphatic rings. The van der Waals surface area contributed by atoms with E-state index < -0.39 is 92.8 Å². The molecular weight excluding hydrogens is 978 g/mol. The maximum atomic E-state index is 16.0. The zero-order valence-electron chi connectivity index (χ0n) is 41.1. The fraction of sp³-hybridized carbons (Fsp3) is 0.581. The largest absolute Gasteiger partial charge is 0.724 e. The number of likely N-dealkylation sites (tertiary alicyclic amines) is 1. The van der Waals surface area contributed by atoms with E-state index in [-0.39, 0.29) is 42.8 Å². The van der Waals surface area contributed by atoms with E-state index in [4.69, 9.17) is 29.3 Å². The second-order valence-corrected chi connectivity index (χ2v) is 21.8. The van der Waals surface area contributed by atoms with Gasteiger partial charge in [-0.05, 0) is 106 Å². The monoisotopic (exact) mass is 1040 g/mol. The Hall–Kier alpha value is -6.61. The highest BCUT2D eigenvalue weighted by molar-refractivity contribution is 7.80. The number of esters is 1. The number of azide groups is 1. The highest BCUT2D eigenvalue weighted by Crippen LogP contribution is 2.33. The molecule has 28 heteroatoms. The maximum absolute atomic E-state index is 16.0. The first-order chi connectivity index (χ1) is 32.7. The second-order valence-electron chi connectivity index (χ2n) is 20.0. The van der Waals surface area contributed by atoms with Crippen molar-refractivity contribution < 1.29 is 74.1 Å². The van der Waals surface area contributed by atoms with E-state index in [9.17, 15) is 36.9 Å². The fourth-order valence-corrected chi connectivity index (χ4v) is 7.93. The van der Waals surface area contributed by atoms with Gasteiger partial charge >= 0.3 is 18.2 Å². The Morgan fingerprint density at radius 1 is 1.01 bits per heavy atom. The van der Waals surface area contributed by atoms with Crippen LogP contribution < -0.4 is 20.1 Å². The Labute approximate surface area is 413 Å². The molecule has 388 valence electrons. The topological polar surface area (TPSA) is 311 Å². The molecule has 0 aliphatic carbocycles. The van der Waals surface area contributed by atoms with Crippen LogP contribution in [0.3, 0.4) is 0 Å². The number of benzene rings is 1. The van der Waals surface area contributed by atoms with Gasteiger partial charge in [-0.15, -0.1) is 16.0 Å². The van der Waals surface area contributed by atoms with E-state index in [2.05, 4.69) is 35.1 Å². The number of alkyl halides is 1. The molecule has 0 saturated carbocycles. The average Bonchev–Trinajstić information content (AvgIpc) is 3.85. The molecule has 2 fully saturated rings. The van der Waals surface area contributed by atoms with Gasteiger partial charge in [0.15, 0.2) is 10.8 Å². The predicted molar refractivity (Wildman–Crippen MR) is 249 cm³/mol. The Kier molecular flexibility index (Phi) is 16.7. The van der Waals surface area contributed by atoms with E-state index in [0.29, 0.717) is 29.2 Å². The number of aromatic nitrogens is 3. The molecule has 3 aromatic rings. The summed E-state index contributed by atoms with van der Waals surface area (Å²) in [4.78, 5) is 79.5. The Balaban J connectivity index is 1.37. The van der Waals surface area contributed by atoms with E-state index >= 15 is 4.39 Å². The standard InChI is InChI=1S/C43H58FN11O14S2/c1-39(2,3)65-35(58)30(68-50-31(29-22-70-36(47-29)49-37(59)66-40(4,5)6)33(56)48-32-34(57)55(42(32,10)11)69-71(61,62)63)21-64-28-15-13-26(14-16-28)27-19-53(18-12-17-46-51-45)54(20-27)25-43(44)23-52(24-43)38(60)67-41(7,8)9/h13-16,19-20,22,30,32H,12,17-18,21,23-25H2,1-11H3,(H2-,47,48,49,56,59,61,62,63)/b50-31-/t30?,32-/m1/s1. The molecule has 2 aromatic heterocycles. The number of β-lactam (4-membered cyclic amide) rings is 1. The van der Waals surface area contributed by atoms with Gasteiger partial charge in [0, 0.05) is 16.8 Å². The van der Waals surface area contributed by atoms with Gasteiger partial charge in [0.1, 0.15) is 40.9 Å². The second kappa shape index (κ2) is 21.4. The van der Waals surface area contributed by atoms with E-state index in [1.165, 1.54) is 24.1 Å². The number of oxime groups is 1. The molecule has 2 atom stereocenters. The quantitative estimate of drug-likeness (QED) is 0.0131. The SMILES string of the molecule is CC(C)(C)OC(=O)Nc1nc(/C(=N/OC(COc2ccc(-c3cn(CCCN=[N+]=[N-])[n+](CC4(F)CN(C(=O)OC(C)(C)C)C4)c3)cc2)C(=O)OC(C)(C)C)C(=O)N[C@@H]2C(=O)N(OS(=O)(=O)[O-])C2(C)C)cs1. The first-order valence-corrected chi connectivity index (χ1v) is 24.2. The molecule has 5 rings (SSSR count). The molecule has 2 saturated heterocycles. The molecule has 2 N–H and O–H groups in total. The van der Waals surface area contributed by atoms with E-state index in [1.807, 2.05) is 0 Å². The molecule has 4 amide bonds. The Bertz CT molecular complexity index is 2660. The fourth-order valence-electron chi connectivity index (χ4n) is 6.81. The number of hydrogen-bond donors (Lipinski definition) is 2. The maximum Gasteiger partial charge on any atom is 0.413 e. The van der Waals surface area contributed by atoms with Crippen LogP contribution in [0.2, 0.25) is 0 Å². The number of nitrogens with zero attached hydrogens (tertiary/aromatic N) is 9. The molecule has 0 spiro atoms. The minimum absolute atomic E-state index is 0.0430.